The molecule has 3 atom stereocenters. The lowest BCUT2D eigenvalue weighted by Crippen LogP contribution is -2.63. The normalized spacial score (nSPS) is 34.0. The van der Waals surface area contributed by atoms with E-state index in [0.29, 0.717) is 12.5 Å². The van der Waals surface area contributed by atoms with Crippen LogP contribution in [0.25, 0.3) is 0 Å². The van der Waals surface area contributed by atoms with Crippen LogP contribution in [-0.2, 0) is 4.79 Å². The third kappa shape index (κ3) is 1.91. The number of aliphatic hydroxyl groups excluding tert-OH is 1. The quantitative estimate of drug-likeness (QED) is 0.571. The van der Waals surface area contributed by atoms with Gasteiger partial charge in [-0.05, 0) is 12.8 Å². The third-order valence-electron chi connectivity index (χ3n) is 4.16. The molecule has 3 unspecified atom stereocenters. The number of likely N-dealkylation sites (N-methyl/N-ethyl adjacent to an activating group) is 2. The van der Waals surface area contributed by atoms with Gasteiger partial charge >= 0.3 is 6.03 Å². The minimum absolute atomic E-state index is 0.322. The minimum atomic E-state index is -0.494. The highest BCUT2D eigenvalue weighted by molar-refractivity contribution is 6.03. The van der Waals surface area contributed by atoms with Gasteiger partial charge < -0.3 is 19.8 Å². The third-order valence-corrected chi connectivity index (χ3v) is 4.16. The minimum Gasteiger partial charge on any atom is -0.391 e. The largest absolute Gasteiger partial charge is 0.391 e. The Morgan fingerprint density at radius 2 is 2.05 bits per heavy atom. The highest BCUT2D eigenvalue weighted by atomic mass is 16.3. The maximum atomic E-state index is 12.0. The molecule has 0 saturated carbocycles. The van der Waals surface area contributed by atoms with E-state index in [-0.39, 0.29) is 12.0 Å². The van der Waals surface area contributed by atoms with Crippen LogP contribution < -0.4 is 5.32 Å². The van der Waals surface area contributed by atoms with Crippen LogP contribution in [0.15, 0.2) is 4.99 Å². The summed E-state index contributed by atoms with van der Waals surface area (Å²) in [5.74, 6) is 0.354. The molecule has 3 aliphatic heterocycles. The smallest absolute Gasteiger partial charge is 0.325 e. The Labute approximate surface area is 117 Å². The monoisotopic (exact) mass is 281 g/mol. The van der Waals surface area contributed by atoms with Gasteiger partial charge in [-0.25, -0.2) is 9.79 Å². The van der Waals surface area contributed by atoms with Crippen LogP contribution in [-0.4, -0.2) is 83.2 Å². The molecule has 8 nitrogen and oxygen atoms in total. The van der Waals surface area contributed by atoms with E-state index in [1.807, 2.05) is 4.90 Å². The van der Waals surface area contributed by atoms with Crippen LogP contribution >= 0.6 is 0 Å². The molecule has 8 heteroatoms. The van der Waals surface area contributed by atoms with Gasteiger partial charge in [0, 0.05) is 27.2 Å². The van der Waals surface area contributed by atoms with Gasteiger partial charge in [0.2, 0.25) is 0 Å². The molecule has 3 rings (SSSR count). The number of hydrogen-bond acceptors (Lipinski definition) is 6. The van der Waals surface area contributed by atoms with Crippen LogP contribution in [0, 0.1) is 0 Å². The van der Waals surface area contributed by atoms with E-state index >= 15 is 0 Å². The van der Waals surface area contributed by atoms with Crippen LogP contribution in [0.1, 0.15) is 12.8 Å². The number of carbonyl (C=O) groups excluding carboxylic acids is 2. The molecule has 3 amide bonds. The second kappa shape index (κ2) is 4.62. The Hall–Kier alpha value is -1.83. The summed E-state index contributed by atoms with van der Waals surface area (Å²) < 4.78 is 0. The number of urea groups is 1. The Bertz CT molecular complexity index is 480. The molecular formula is C12H19N5O3. The van der Waals surface area contributed by atoms with Crippen molar-refractivity contribution >= 4 is 17.9 Å². The average Bonchev–Trinajstić information content (AvgIpc) is 2.74. The summed E-state index contributed by atoms with van der Waals surface area (Å²) >= 11 is 0. The molecule has 2 saturated heterocycles. The van der Waals surface area contributed by atoms with Crippen molar-refractivity contribution in [3.8, 4) is 0 Å². The molecule has 3 aliphatic rings. The SMILES string of the molecule is CN1C(=O)NC(=O)C2C1N=C(N1CCCC(O)C1)N2C. The topological polar surface area (TPSA) is 88.5 Å². The zero-order valence-electron chi connectivity index (χ0n) is 11.6. The number of aliphatic hydroxyl groups is 1. The molecule has 0 aromatic carbocycles. The molecule has 2 fully saturated rings. The predicted octanol–water partition coefficient (Wildman–Crippen LogP) is -1.38. The average molecular weight is 281 g/mol. The summed E-state index contributed by atoms with van der Waals surface area (Å²) in [7, 11) is 3.43. The summed E-state index contributed by atoms with van der Waals surface area (Å²) in [6, 6.07) is -0.917. The zero-order valence-corrected chi connectivity index (χ0v) is 11.6. The fraction of sp³-hybridized carbons (Fsp3) is 0.750. The fourth-order valence-electron chi connectivity index (χ4n) is 3.04. The number of imide groups is 1. The van der Waals surface area contributed by atoms with Gasteiger partial charge in [-0.3, -0.25) is 10.1 Å². The molecule has 0 radical (unpaired) electrons. The van der Waals surface area contributed by atoms with E-state index in [4.69, 9.17) is 0 Å². The van der Waals surface area contributed by atoms with Crippen LogP contribution in [0.5, 0.6) is 0 Å². The first-order valence-corrected chi connectivity index (χ1v) is 6.80. The number of β-amino-alcohol motifs (C(OH)–C–C–N with tert-alkyl or cyclic N) is 1. The number of rotatable bonds is 0. The van der Waals surface area contributed by atoms with Gasteiger partial charge in [0.25, 0.3) is 5.91 Å². The summed E-state index contributed by atoms with van der Waals surface area (Å²) in [4.78, 5) is 33.4. The number of nitrogens with one attached hydrogen (secondary N) is 1. The lowest BCUT2D eigenvalue weighted by Gasteiger charge is -2.37. The van der Waals surface area contributed by atoms with E-state index in [2.05, 4.69) is 10.3 Å². The van der Waals surface area contributed by atoms with Crippen molar-refractivity contribution in [3.05, 3.63) is 0 Å². The van der Waals surface area contributed by atoms with Crippen molar-refractivity contribution < 1.29 is 14.7 Å². The number of amides is 3. The fourth-order valence-corrected chi connectivity index (χ4v) is 3.04. The van der Waals surface area contributed by atoms with Gasteiger partial charge in [0.15, 0.2) is 18.2 Å². The van der Waals surface area contributed by atoms with Gasteiger partial charge in [0.1, 0.15) is 0 Å². The van der Waals surface area contributed by atoms with Crippen LogP contribution in [0.2, 0.25) is 0 Å². The van der Waals surface area contributed by atoms with Crippen molar-refractivity contribution in [2.75, 3.05) is 27.2 Å². The first kappa shape index (κ1) is 13.2. The van der Waals surface area contributed by atoms with Crippen molar-refractivity contribution in [1.29, 1.82) is 0 Å². The van der Waals surface area contributed by atoms with E-state index in [0.717, 1.165) is 19.4 Å². The second-order valence-corrected chi connectivity index (χ2v) is 5.55. The maximum Gasteiger partial charge on any atom is 0.325 e. The molecule has 2 N–H and O–H groups in total. The Morgan fingerprint density at radius 3 is 2.75 bits per heavy atom. The number of piperidine rings is 1. The van der Waals surface area contributed by atoms with Crippen molar-refractivity contribution in [1.82, 2.24) is 20.0 Å². The number of fused-ring (bicyclic) bond motifs is 1. The number of nitrogens with zero attached hydrogens (tertiary/aromatic N) is 4. The highest BCUT2D eigenvalue weighted by Gasteiger charge is 2.48. The number of hydrogen-bond donors (Lipinski definition) is 2. The lowest BCUT2D eigenvalue weighted by atomic mass is 10.1. The molecule has 0 aromatic heterocycles. The Kier molecular flexibility index (Phi) is 3.04. The number of aliphatic imine (C=N–C) groups is 1. The zero-order chi connectivity index (χ0) is 14.4. The highest BCUT2D eigenvalue weighted by Crippen LogP contribution is 2.25. The van der Waals surface area contributed by atoms with Crippen LogP contribution in [0.4, 0.5) is 4.79 Å². The van der Waals surface area contributed by atoms with Crippen molar-refractivity contribution in [2.24, 2.45) is 4.99 Å². The van der Waals surface area contributed by atoms with E-state index in [9.17, 15) is 14.7 Å². The standard InChI is InChI=1S/C12H19N5O3/c1-15-8-9(16(2)12(20)14-10(8)19)13-11(15)17-5-3-4-7(18)6-17/h7-9,18H,3-6H2,1-2H3,(H,14,19,20). The summed E-state index contributed by atoms with van der Waals surface area (Å²) in [5.41, 5.74) is 0. The molecule has 0 bridgehead atoms. The molecule has 110 valence electrons. The van der Waals surface area contributed by atoms with Gasteiger partial charge in [-0.2, -0.15) is 0 Å². The maximum absolute atomic E-state index is 12.0. The predicted molar refractivity (Wildman–Crippen MR) is 70.9 cm³/mol. The molecule has 0 aliphatic carbocycles. The Morgan fingerprint density at radius 1 is 1.30 bits per heavy atom. The molecule has 3 heterocycles. The Balaban J connectivity index is 1.86. The number of guanidine groups is 1. The summed E-state index contributed by atoms with van der Waals surface area (Å²) in [5, 5.41) is 12.1. The summed E-state index contributed by atoms with van der Waals surface area (Å²) in [6.07, 6.45) is 0.829. The number of carbonyl (C=O) groups is 2. The first-order chi connectivity index (χ1) is 9.49. The van der Waals surface area contributed by atoms with E-state index < -0.39 is 18.2 Å². The van der Waals surface area contributed by atoms with E-state index in [1.165, 1.54) is 4.90 Å². The lowest BCUT2D eigenvalue weighted by molar-refractivity contribution is -0.126. The first-order valence-electron chi connectivity index (χ1n) is 6.80. The van der Waals surface area contributed by atoms with Crippen molar-refractivity contribution in [2.45, 2.75) is 31.2 Å². The van der Waals surface area contributed by atoms with Gasteiger partial charge in [-0.15, -0.1) is 0 Å². The molecule has 20 heavy (non-hydrogen) atoms. The van der Waals surface area contributed by atoms with Gasteiger partial charge in [-0.1, -0.05) is 0 Å². The molecular weight excluding hydrogens is 262 g/mol. The molecule has 0 aromatic rings. The van der Waals surface area contributed by atoms with Crippen molar-refractivity contribution in [3.63, 3.8) is 0 Å². The summed E-state index contributed by atoms with van der Waals surface area (Å²) in [6.45, 7) is 1.32. The van der Waals surface area contributed by atoms with Crippen LogP contribution in [0.3, 0.4) is 0 Å². The van der Waals surface area contributed by atoms with Gasteiger partial charge in [0.05, 0.1) is 6.10 Å². The van der Waals surface area contributed by atoms with E-state index in [1.54, 1.807) is 19.0 Å². The second-order valence-electron chi connectivity index (χ2n) is 5.55. The number of likely N-dealkylation sites (tertiary alicyclic amines) is 1. The molecule has 0 spiro atoms.